The standard InChI is InChI=1S/C15H25N3O2/c1-4-5-8-17-15(19)12-6-7-14(13(16)11-12)20-10-9-18(2)3/h6-7,11H,4-5,8-10,16H2,1-3H3,(H,17,19). The van der Waals surface area contributed by atoms with Gasteiger partial charge >= 0.3 is 0 Å². The number of benzene rings is 1. The van der Waals surface area contributed by atoms with Gasteiger partial charge in [-0.15, -0.1) is 0 Å². The molecule has 0 saturated heterocycles. The molecule has 0 aliphatic heterocycles. The number of amides is 1. The van der Waals surface area contributed by atoms with Gasteiger partial charge in [0, 0.05) is 18.7 Å². The molecule has 112 valence electrons. The lowest BCUT2D eigenvalue weighted by molar-refractivity contribution is 0.0953. The van der Waals surface area contributed by atoms with Crippen molar-refractivity contribution in [3.8, 4) is 5.75 Å². The largest absolute Gasteiger partial charge is 0.490 e. The van der Waals surface area contributed by atoms with Gasteiger partial charge in [0.15, 0.2) is 0 Å². The van der Waals surface area contributed by atoms with Crippen molar-refractivity contribution in [1.82, 2.24) is 10.2 Å². The number of hydrogen-bond donors (Lipinski definition) is 2. The van der Waals surface area contributed by atoms with Gasteiger partial charge in [-0.2, -0.15) is 0 Å². The molecule has 0 heterocycles. The van der Waals surface area contributed by atoms with Crippen LogP contribution in [0.3, 0.4) is 0 Å². The summed E-state index contributed by atoms with van der Waals surface area (Å²) in [4.78, 5) is 13.9. The summed E-state index contributed by atoms with van der Waals surface area (Å²) in [5.74, 6) is 0.530. The minimum Gasteiger partial charge on any atom is -0.490 e. The second-order valence-electron chi connectivity index (χ2n) is 5.01. The maximum absolute atomic E-state index is 11.9. The number of ether oxygens (including phenoxy) is 1. The van der Waals surface area contributed by atoms with Gasteiger partial charge in [-0.25, -0.2) is 0 Å². The molecule has 0 saturated carbocycles. The average Bonchev–Trinajstić information content (AvgIpc) is 2.40. The van der Waals surface area contributed by atoms with Crippen molar-refractivity contribution in [1.29, 1.82) is 0 Å². The van der Waals surface area contributed by atoms with Gasteiger partial charge in [0.05, 0.1) is 5.69 Å². The van der Waals surface area contributed by atoms with E-state index in [9.17, 15) is 4.79 Å². The first-order valence-electron chi connectivity index (χ1n) is 6.99. The third kappa shape index (κ3) is 5.48. The Balaban J connectivity index is 2.56. The highest BCUT2D eigenvalue weighted by molar-refractivity contribution is 5.95. The molecule has 0 fully saturated rings. The third-order valence-corrected chi connectivity index (χ3v) is 2.88. The summed E-state index contributed by atoms with van der Waals surface area (Å²) in [5, 5.41) is 2.86. The van der Waals surface area contributed by atoms with E-state index >= 15 is 0 Å². The summed E-state index contributed by atoms with van der Waals surface area (Å²) < 4.78 is 5.58. The molecule has 0 unspecified atom stereocenters. The Morgan fingerprint density at radius 1 is 1.40 bits per heavy atom. The van der Waals surface area contributed by atoms with Gasteiger partial charge < -0.3 is 20.7 Å². The first kappa shape index (κ1) is 16.3. The fourth-order valence-corrected chi connectivity index (χ4v) is 1.64. The molecular formula is C15H25N3O2. The number of hydrogen-bond acceptors (Lipinski definition) is 4. The number of nitrogens with one attached hydrogen (secondary N) is 1. The van der Waals surface area contributed by atoms with Gasteiger partial charge in [-0.1, -0.05) is 13.3 Å². The van der Waals surface area contributed by atoms with Gasteiger partial charge in [0.2, 0.25) is 0 Å². The number of carbonyl (C=O) groups is 1. The predicted molar refractivity (Wildman–Crippen MR) is 82.1 cm³/mol. The fraction of sp³-hybridized carbons (Fsp3) is 0.533. The maximum Gasteiger partial charge on any atom is 0.251 e. The highest BCUT2D eigenvalue weighted by atomic mass is 16.5. The van der Waals surface area contributed by atoms with Gasteiger partial charge in [-0.3, -0.25) is 4.79 Å². The quantitative estimate of drug-likeness (QED) is 0.562. The Bertz CT molecular complexity index is 433. The van der Waals surface area contributed by atoms with Crippen LogP contribution in [0.5, 0.6) is 5.75 Å². The van der Waals surface area contributed by atoms with Gasteiger partial charge in [0.1, 0.15) is 12.4 Å². The summed E-state index contributed by atoms with van der Waals surface area (Å²) in [7, 11) is 3.97. The fourth-order valence-electron chi connectivity index (χ4n) is 1.64. The SMILES string of the molecule is CCCCNC(=O)c1ccc(OCCN(C)C)c(N)c1. The number of anilines is 1. The Morgan fingerprint density at radius 2 is 2.15 bits per heavy atom. The Morgan fingerprint density at radius 3 is 2.75 bits per heavy atom. The van der Waals surface area contributed by atoms with Crippen molar-refractivity contribution in [2.45, 2.75) is 19.8 Å². The van der Waals surface area contributed by atoms with Gasteiger partial charge in [-0.05, 0) is 38.7 Å². The average molecular weight is 279 g/mol. The molecule has 20 heavy (non-hydrogen) atoms. The zero-order chi connectivity index (χ0) is 15.0. The topological polar surface area (TPSA) is 67.6 Å². The molecule has 0 spiro atoms. The van der Waals surface area contributed by atoms with E-state index in [0.717, 1.165) is 19.4 Å². The van der Waals surface area contributed by atoms with E-state index in [1.807, 2.05) is 19.0 Å². The van der Waals surface area contributed by atoms with Crippen LogP contribution in [0.2, 0.25) is 0 Å². The molecule has 0 atom stereocenters. The van der Waals surface area contributed by atoms with Crippen molar-refractivity contribution in [3.63, 3.8) is 0 Å². The molecule has 5 nitrogen and oxygen atoms in total. The first-order chi connectivity index (χ1) is 9.54. The first-order valence-corrected chi connectivity index (χ1v) is 6.99. The number of carbonyl (C=O) groups excluding carboxylic acids is 1. The lowest BCUT2D eigenvalue weighted by Crippen LogP contribution is -2.24. The summed E-state index contributed by atoms with van der Waals surface area (Å²) in [6, 6.07) is 5.15. The number of likely N-dealkylation sites (N-methyl/N-ethyl adjacent to an activating group) is 1. The molecule has 1 amide bonds. The highest BCUT2D eigenvalue weighted by Crippen LogP contribution is 2.22. The molecule has 0 aliphatic carbocycles. The smallest absolute Gasteiger partial charge is 0.251 e. The second kappa shape index (κ2) is 8.43. The number of nitrogens with zero attached hydrogens (tertiary/aromatic N) is 1. The second-order valence-corrected chi connectivity index (χ2v) is 5.01. The van der Waals surface area contributed by atoms with E-state index in [4.69, 9.17) is 10.5 Å². The van der Waals surface area contributed by atoms with Crippen molar-refractivity contribution in [3.05, 3.63) is 23.8 Å². The number of nitrogens with two attached hydrogens (primary N) is 1. The molecule has 3 N–H and O–H groups in total. The molecule has 1 rings (SSSR count). The predicted octanol–water partition coefficient (Wildman–Crippen LogP) is 1.74. The van der Waals surface area contributed by atoms with Crippen LogP contribution in [0, 0.1) is 0 Å². The molecule has 1 aromatic carbocycles. The summed E-state index contributed by atoms with van der Waals surface area (Å²) >= 11 is 0. The summed E-state index contributed by atoms with van der Waals surface area (Å²) in [6.07, 6.45) is 2.04. The van der Waals surface area contributed by atoms with E-state index in [-0.39, 0.29) is 5.91 Å². The Hall–Kier alpha value is -1.75. The van der Waals surface area contributed by atoms with Crippen molar-refractivity contribution < 1.29 is 9.53 Å². The minimum atomic E-state index is -0.0926. The number of unbranched alkanes of at least 4 members (excludes halogenated alkanes) is 1. The van der Waals surface area contributed by atoms with Crippen LogP contribution in [-0.2, 0) is 0 Å². The van der Waals surface area contributed by atoms with Crippen molar-refractivity contribution in [2.24, 2.45) is 0 Å². The zero-order valence-electron chi connectivity index (χ0n) is 12.6. The Labute approximate surface area is 121 Å². The van der Waals surface area contributed by atoms with Crippen LogP contribution in [-0.4, -0.2) is 44.6 Å². The number of rotatable bonds is 8. The molecule has 0 bridgehead atoms. The zero-order valence-corrected chi connectivity index (χ0v) is 12.6. The normalized spacial score (nSPS) is 10.6. The molecular weight excluding hydrogens is 254 g/mol. The summed E-state index contributed by atoms with van der Waals surface area (Å²) in [5.41, 5.74) is 6.97. The maximum atomic E-state index is 11.9. The Kier molecular flexibility index (Phi) is 6.87. The third-order valence-electron chi connectivity index (χ3n) is 2.88. The molecule has 0 radical (unpaired) electrons. The monoisotopic (exact) mass is 279 g/mol. The lowest BCUT2D eigenvalue weighted by Gasteiger charge is -2.13. The van der Waals surface area contributed by atoms with Crippen LogP contribution in [0.1, 0.15) is 30.1 Å². The van der Waals surface area contributed by atoms with Crippen LogP contribution in [0.15, 0.2) is 18.2 Å². The molecule has 5 heteroatoms. The van der Waals surface area contributed by atoms with E-state index < -0.39 is 0 Å². The minimum absolute atomic E-state index is 0.0926. The van der Waals surface area contributed by atoms with Crippen LogP contribution < -0.4 is 15.8 Å². The van der Waals surface area contributed by atoms with Crippen LogP contribution in [0.4, 0.5) is 5.69 Å². The van der Waals surface area contributed by atoms with Crippen molar-refractivity contribution in [2.75, 3.05) is 39.5 Å². The van der Waals surface area contributed by atoms with E-state index in [1.54, 1.807) is 18.2 Å². The summed E-state index contributed by atoms with van der Waals surface area (Å²) in [6.45, 7) is 4.16. The molecule has 0 aromatic heterocycles. The van der Waals surface area contributed by atoms with E-state index in [2.05, 4.69) is 12.2 Å². The van der Waals surface area contributed by atoms with Crippen molar-refractivity contribution >= 4 is 11.6 Å². The highest BCUT2D eigenvalue weighted by Gasteiger charge is 2.08. The number of nitrogen functional groups attached to an aromatic ring is 1. The van der Waals surface area contributed by atoms with Crippen LogP contribution in [0.25, 0.3) is 0 Å². The van der Waals surface area contributed by atoms with E-state index in [1.165, 1.54) is 0 Å². The van der Waals surface area contributed by atoms with Crippen LogP contribution >= 0.6 is 0 Å². The van der Waals surface area contributed by atoms with E-state index in [0.29, 0.717) is 30.2 Å². The molecule has 1 aromatic rings. The molecule has 0 aliphatic rings. The lowest BCUT2D eigenvalue weighted by atomic mass is 10.1. The van der Waals surface area contributed by atoms with Gasteiger partial charge in [0.25, 0.3) is 5.91 Å².